The van der Waals surface area contributed by atoms with Gasteiger partial charge in [-0.1, -0.05) is 27.4 Å². The van der Waals surface area contributed by atoms with E-state index in [9.17, 15) is 8.78 Å². The van der Waals surface area contributed by atoms with Crippen molar-refractivity contribution in [1.29, 1.82) is 0 Å². The van der Waals surface area contributed by atoms with Gasteiger partial charge in [-0.2, -0.15) is 5.10 Å². The zero-order valence-electron chi connectivity index (χ0n) is 10.0. The maximum absolute atomic E-state index is 12.6. The third kappa shape index (κ3) is 2.49. The Bertz CT molecular complexity index is 359. The van der Waals surface area contributed by atoms with Crippen LogP contribution in [0.2, 0.25) is 0 Å². The highest BCUT2D eigenvalue weighted by atomic mass is 19.1. The molecule has 1 rings (SSSR count). The molecule has 1 aromatic heterocycles. The first-order chi connectivity index (χ1) is 7.41. The molecule has 0 amide bonds. The Balaban J connectivity index is 3.07. The molecule has 0 aliphatic rings. The number of halogens is 2. The van der Waals surface area contributed by atoms with Crippen molar-refractivity contribution >= 4 is 5.57 Å². The Morgan fingerprint density at radius 3 is 2.44 bits per heavy atom. The van der Waals surface area contributed by atoms with E-state index in [1.54, 1.807) is 12.3 Å². The molecule has 0 aliphatic heterocycles. The van der Waals surface area contributed by atoms with Gasteiger partial charge in [-0.3, -0.25) is 4.68 Å². The molecule has 0 spiro atoms. The molecule has 0 fully saturated rings. The highest BCUT2D eigenvalue weighted by Crippen LogP contribution is 2.33. The van der Waals surface area contributed by atoms with Crippen LogP contribution in [0.25, 0.3) is 5.57 Å². The topological polar surface area (TPSA) is 17.8 Å². The molecule has 0 unspecified atom stereocenters. The highest BCUT2D eigenvalue weighted by Gasteiger charge is 2.22. The summed E-state index contributed by atoms with van der Waals surface area (Å²) in [5.74, 6) is 0. The normalized spacial score (nSPS) is 12.1. The van der Waals surface area contributed by atoms with Crippen LogP contribution < -0.4 is 0 Å². The maximum atomic E-state index is 12.6. The quantitative estimate of drug-likeness (QED) is 0.772. The van der Waals surface area contributed by atoms with Crippen molar-refractivity contribution < 1.29 is 8.78 Å². The predicted molar refractivity (Wildman–Crippen MR) is 61.7 cm³/mol. The predicted octanol–water partition coefficient (Wildman–Crippen LogP) is 3.42. The van der Waals surface area contributed by atoms with Gasteiger partial charge in [0, 0.05) is 6.20 Å². The zero-order chi connectivity index (χ0) is 12.3. The van der Waals surface area contributed by atoms with Gasteiger partial charge < -0.3 is 0 Å². The molecule has 0 aromatic carbocycles. The summed E-state index contributed by atoms with van der Waals surface area (Å²) >= 11 is 0. The molecular formula is C12H18F2N2. The molecule has 0 radical (unpaired) electrons. The number of hydrogen-bond acceptors (Lipinski definition) is 1. The van der Waals surface area contributed by atoms with Crippen molar-refractivity contribution in [3.05, 3.63) is 24.5 Å². The minimum absolute atomic E-state index is 0.144. The summed E-state index contributed by atoms with van der Waals surface area (Å²) in [4.78, 5) is 0. The number of rotatable bonds is 4. The van der Waals surface area contributed by atoms with Gasteiger partial charge in [0.25, 0.3) is 0 Å². The van der Waals surface area contributed by atoms with E-state index in [2.05, 4.69) is 11.7 Å². The van der Waals surface area contributed by atoms with Gasteiger partial charge in [-0.15, -0.1) is 0 Å². The third-order valence-corrected chi connectivity index (χ3v) is 2.59. The number of aromatic nitrogens is 2. The second-order valence-corrected chi connectivity index (χ2v) is 4.85. The fraction of sp³-hybridized carbons (Fsp3) is 0.583. The van der Waals surface area contributed by atoms with Crippen LogP contribution in [0, 0.1) is 5.41 Å². The summed E-state index contributed by atoms with van der Waals surface area (Å²) in [6.07, 6.45) is 1.55. The molecule has 1 heterocycles. The molecule has 1 aromatic rings. The highest BCUT2D eigenvalue weighted by molar-refractivity contribution is 5.64. The SMILES string of the molecule is C=C(c1ccnn1C(CF)CF)C(C)(C)C. The van der Waals surface area contributed by atoms with E-state index < -0.39 is 19.4 Å². The second-order valence-electron chi connectivity index (χ2n) is 4.85. The van der Waals surface area contributed by atoms with Gasteiger partial charge >= 0.3 is 0 Å². The van der Waals surface area contributed by atoms with E-state index in [1.807, 2.05) is 20.8 Å². The summed E-state index contributed by atoms with van der Waals surface area (Å²) < 4.78 is 26.6. The van der Waals surface area contributed by atoms with Crippen LogP contribution in [-0.2, 0) is 0 Å². The summed E-state index contributed by atoms with van der Waals surface area (Å²) in [5, 5.41) is 3.97. The van der Waals surface area contributed by atoms with Crippen LogP contribution in [0.5, 0.6) is 0 Å². The van der Waals surface area contributed by atoms with Crippen molar-refractivity contribution in [2.45, 2.75) is 26.8 Å². The fourth-order valence-electron chi connectivity index (χ4n) is 1.40. The molecule has 4 heteroatoms. The lowest BCUT2D eigenvalue weighted by Crippen LogP contribution is -2.19. The number of nitrogens with zero attached hydrogens (tertiary/aromatic N) is 2. The molecule has 16 heavy (non-hydrogen) atoms. The van der Waals surface area contributed by atoms with Crippen molar-refractivity contribution in [2.75, 3.05) is 13.3 Å². The van der Waals surface area contributed by atoms with Crippen molar-refractivity contribution in [3.8, 4) is 0 Å². The lowest BCUT2D eigenvalue weighted by atomic mass is 9.85. The summed E-state index contributed by atoms with van der Waals surface area (Å²) in [6, 6.07) is 0.899. The standard InChI is InChI=1S/C12H18F2N2/c1-9(12(2,3)4)11-5-6-15-16(11)10(7-13)8-14/h5-6,10H,1,7-8H2,2-4H3. The molecule has 0 aliphatic carbocycles. The minimum atomic E-state index is -0.843. The molecule has 0 bridgehead atoms. The number of hydrogen-bond donors (Lipinski definition) is 0. The third-order valence-electron chi connectivity index (χ3n) is 2.59. The van der Waals surface area contributed by atoms with E-state index in [0.717, 1.165) is 5.57 Å². The monoisotopic (exact) mass is 228 g/mol. The van der Waals surface area contributed by atoms with E-state index >= 15 is 0 Å². The fourth-order valence-corrected chi connectivity index (χ4v) is 1.40. The molecule has 2 nitrogen and oxygen atoms in total. The van der Waals surface area contributed by atoms with E-state index in [1.165, 1.54) is 4.68 Å². The number of alkyl halides is 2. The largest absolute Gasteiger partial charge is 0.257 e. The molecule has 0 saturated heterocycles. The first-order valence-corrected chi connectivity index (χ1v) is 5.27. The Morgan fingerprint density at radius 2 is 2.00 bits per heavy atom. The van der Waals surface area contributed by atoms with Crippen molar-refractivity contribution in [2.24, 2.45) is 5.41 Å². The first kappa shape index (κ1) is 12.9. The van der Waals surface area contributed by atoms with Crippen molar-refractivity contribution in [1.82, 2.24) is 9.78 Å². The van der Waals surface area contributed by atoms with E-state index in [0.29, 0.717) is 5.69 Å². The molecule has 0 atom stereocenters. The van der Waals surface area contributed by atoms with Gasteiger partial charge in [0.05, 0.1) is 5.69 Å². The molecule has 0 saturated carbocycles. The second kappa shape index (κ2) is 4.76. The average molecular weight is 228 g/mol. The van der Waals surface area contributed by atoms with Crippen molar-refractivity contribution in [3.63, 3.8) is 0 Å². The van der Waals surface area contributed by atoms with Gasteiger partial charge in [-0.25, -0.2) is 8.78 Å². The van der Waals surface area contributed by atoms with Crippen LogP contribution in [0.15, 0.2) is 18.8 Å². The Kier molecular flexibility index (Phi) is 3.83. The van der Waals surface area contributed by atoms with Gasteiger partial charge in [0.2, 0.25) is 0 Å². The Labute approximate surface area is 95.0 Å². The van der Waals surface area contributed by atoms with Crippen LogP contribution in [0.3, 0.4) is 0 Å². The zero-order valence-corrected chi connectivity index (χ0v) is 10.0. The van der Waals surface area contributed by atoms with E-state index in [4.69, 9.17) is 0 Å². The first-order valence-electron chi connectivity index (χ1n) is 5.27. The summed E-state index contributed by atoms with van der Waals surface area (Å²) in [6.45, 7) is 8.47. The lowest BCUT2D eigenvalue weighted by molar-refractivity contribution is 0.270. The smallest absolute Gasteiger partial charge is 0.114 e. The average Bonchev–Trinajstić information content (AvgIpc) is 2.66. The minimum Gasteiger partial charge on any atom is -0.257 e. The van der Waals surface area contributed by atoms with Crippen LogP contribution in [0.4, 0.5) is 8.78 Å². The maximum Gasteiger partial charge on any atom is 0.114 e. The summed E-state index contributed by atoms with van der Waals surface area (Å²) in [7, 11) is 0. The molecule has 0 N–H and O–H groups in total. The molecular weight excluding hydrogens is 210 g/mol. The van der Waals surface area contributed by atoms with Crippen LogP contribution in [0.1, 0.15) is 32.5 Å². The van der Waals surface area contributed by atoms with E-state index in [-0.39, 0.29) is 5.41 Å². The molecule has 90 valence electrons. The number of allylic oxidation sites excluding steroid dienone is 1. The van der Waals surface area contributed by atoms with Crippen LogP contribution in [-0.4, -0.2) is 23.1 Å². The van der Waals surface area contributed by atoms with Gasteiger partial charge in [0.15, 0.2) is 0 Å². The van der Waals surface area contributed by atoms with Crippen LogP contribution >= 0.6 is 0 Å². The Morgan fingerprint density at radius 1 is 1.44 bits per heavy atom. The Hall–Kier alpha value is -1.19. The lowest BCUT2D eigenvalue weighted by Gasteiger charge is -2.24. The summed E-state index contributed by atoms with van der Waals surface area (Å²) in [5.41, 5.74) is 1.39. The van der Waals surface area contributed by atoms with Gasteiger partial charge in [0.1, 0.15) is 19.4 Å². The van der Waals surface area contributed by atoms with Gasteiger partial charge in [-0.05, 0) is 17.1 Å².